The number of nitrogens with zero attached hydrogens (tertiary/aromatic N) is 4. The van der Waals surface area contributed by atoms with Gasteiger partial charge in [0.05, 0.1) is 29.1 Å². The van der Waals surface area contributed by atoms with Gasteiger partial charge in [-0.05, 0) is 30.3 Å². The van der Waals surface area contributed by atoms with Gasteiger partial charge >= 0.3 is 0 Å². The molecule has 146 valence electrons. The number of ether oxygens (including phenoxy) is 1. The maximum atomic E-state index is 13.3. The molecule has 0 aliphatic rings. The molecule has 0 unspecified atom stereocenters. The highest BCUT2D eigenvalue weighted by molar-refractivity contribution is 7.22. The molecule has 0 aliphatic heterocycles. The van der Waals surface area contributed by atoms with Crippen LogP contribution in [-0.2, 0) is 4.74 Å². The molecule has 0 saturated heterocycles. The second kappa shape index (κ2) is 8.34. The molecule has 0 fully saturated rings. The number of rotatable bonds is 6. The maximum Gasteiger partial charge on any atom is 0.280 e. The van der Waals surface area contributed by atoms with Crippen LogP contribution in [0.15, 0.2) is 71.5 Å². The first-order valence-corrected chi connectivity index (χ1v) is 9.81. The fraction of sp³-hybridized carbons (Fsp3) is 0.143. The Bertz CT molecular complexity index is 1170. The zero-order valence-electron chi connectivity index (χ0n) is 15.7. The van der Waals surface area contributed by atoms with Crippen molar-refractivity contribution in [2.24, 2.45) is 0 Å². The van der Waals surface area contributed by atoms with Crippen LogP contribution in [0.1, 0.15) is 10.5 Å². The molecule has 0 spiro atoms. The lowest BCUT2D eigenvalue weighted by Crippen LogP contribution is -2.36. The SMILES string of the molecule is COCCN(C(=O)c1ccc(=O)n(-c2ccccc2)n1)c1nc2ccccc2s1. The van der Waals surface area contributed by atoms with Gasteiger partial charge in [0.15, 0.2) is 5.13 Å². The second-order valence-corrected chi connectivity index (χ2v) is 7.23. The highest BCUT2D eigenvalue weighted by atomic mass is 32.1. The minimum atomic E-state index is -0.342. The highest BCUT2D eigenvalue weighted by Crippen LogP contribution is 2.29. The molecule has 1 amide bonds. The van der Waals surface area contributed by atoms with Crippen LogP contribution in [0.5, 0.6) is 0 Å². The van der Waals surface area contributed by atoms with Gasteiger partial charge in [-0.15, -0.1) is 0 Å². The average Bonchev–Trinajstić information content (AvgIpc) is 3.18. The van der Waals surface area contributed by atoms with E-state index in [1.165, 1.54) is 33.1 Å². The van der Waals surface area contributed by atoms with E-state index >= 15 is 0 Å². The van der Waals surface area contributed by atoms with Crippen molar-refractivity contribution in [3.05, 3.63) is 82.8 Å². The zero-order chi connectivity index (χ0) is 20.2. The van der Waals surface area contributed by atoms with Crippen molar-refractivity contribution in [3.63, 3.8) is 0 Å². The number of para-hydroxylation sites is 2. The van der Waals surface area contributed by atoms with Gasteiger partial charge in [-0.25, -0.2) is 4.98 Å². The number of amides is 1. The number of benzene rings is 2. The van der Waals surface area contributed by atoms with Crippen LogP contribution in [-0.4, -0.2) is 40.9 Å². The van der Waals surface area contributed by atoms with Crippen molar-refractivity contribution in [1.29, 1.82) is 0 Å². The lowest BCUT2D eigenvalue weighted by molar-refractivity contribution is 0.0969. The van der Waals surface area contributed by atoms with E-state index < -0.39 is 0 Å². The minimum absolute atomic E-state index is 0.156. The topological polar surface area (TPSA) is 77.3 Å². The van der Waals surface area contributed by atoms with E-state index in [-0.39, 0.29) is 17.2 Å². The molecule has 4 aromatic rings. The molecule has 2 aromatic heterocycles. The summed E-state index contributed by atoms with van der Waals surface area (Å²) in [6.07, 6.45) is 0. The molecule has 0 bridgehead atoms. The second-order valence-electron chi connectivity index (χ2n) is 6.22. The summed E-state index contributed by atoms with van der Waals surface area (Å²) in [5, 5.41) is 4.86. The molecule has 0 atom stereocenters. The first kappa shape index (κ1) is 19.0. The average molecular weight is 406 g/mol. The molecule has 7 nitrogen and oxygen atoms in total. The van der Waals surface area contributed by atoms with Crippen LogP contribution >= 0.6 is 11.3 Å². The van der Waals surface area contributed by atoms with Crippen LogP contribution in [0.2, 0.25) is 0 Å². The van der Waals surface area contributed by atoms with Gasteiger partial charge in [0.1, 0.15) is 5.69 Å². The first-order chi connectivity index (χ1) is 14.2. The third kappa shape index (κ3) is 3.94. The maximum absolute atomic E-state index is 13.3. The van der Waals surface area contributed by atoms with E-state index in [1.54, 1.807) is 19.2 Å². The number of hydrogen-bond donors (Lipinski definition) is 0. The third-order valence-corrected chi connectivity index (χ3v) is 5.36. The summed E-state index contributed by atoms with van der Waals surface area (Å²) in [5.74, 6) is -0.342. The van der Waals surface area contributed by atoms with E-state index in [9.17, 15) is 9.59 Å². The Hall–Kier alpha value is -3.36. The van der Waals surface area contributed by atoms with Gasteiger partial charge in [0, 0.05) is 13.2 Å². The van der Waals surface area contributed by atoms with Gasteiger partial charge in [-0.2, -0.15) is 9.78 Å². The lowest BCUT2D eigenvalue weighted by Gasteiger charge is -2.19. The molecule has 0 radical (unpaired) electrons. The van der Waals surface area contributed by atoms with Crippen LogP contribution in [0.25, 0.3) is 15.9 Å². The van der Waals surface area contributed by atoms with Crippen molar-refractivity contribution in [2.45, 2.75) is 0 Å². The Morgan fingerprint density at radius 2 is 1.83 bits per heavy atom. The summed E-state index contributed by atoms with van der Waals surface area (Å²) in [7, 11) is 1.58. The van der Waals surface area contributed by atoms with Gasteiger partial charge in [-0.3, -0.25) is 14.5 Å². The summed E-state index contributed by atoms with van der Waals surface area (Å²) in [5.41, 5.74) is 1.26. The lowest BCUT2D eigenvalue weighted by atomic mass is 10.3. The Morgan fingerprint density at radius 3 is 2.59 bits per heavy atom. The fourth-order valence-electron chi connectivity index (χ4n) is 2.86. The van der Waals surface area contributed by atoms with Crippen LogP contribution in [0.3, 0.4) is 0 Å². The number of aromatic nitrogens is 3. The molecule has 0 saturated carbocycles. The zero-order valence-corrected chi connectivity index (χ0v) is 16.5. The largest absolute Gasteiger partial charge is 0.383 e. The molecular weight excluding hydrogens is 388 g/mol. The van der Waals surface area contributed by atoms with Gasteiger partial charge in [-0.1, -0.05) is 41.7 Å². The number of anilines is 1. The van der Waals surface area contributed by atoms with E-state index in [0.717, 1.165) is 10.2 Å². The minimum Gasteiger partial charge on any atom is -0.383 e. The highest BCUT2D eigenvalue weighted by Gasteiger charge is 2.23. The Labute approximate surface area is 170 Å². The number of methoxy groups -OCH3 is 1. The van der Waals surface area contributed by atoms with Gasteiger partial charge in [0.2, 0.25) is 0 Å². The van der Waals surface area contributed by atoms with E-state index in [2.05, 4.69) is 10.1 Å². The third-order valence-electron chi connectivity index (χ3n) is 4.30. The Balaban J connectivity index is 1.74. The van der Waals surface area contributed by atoms with Crippen LogP contribution in [0.4, 0.5) is 5.13 Å². The molecule has 8 heteroatoms. The summed E-state index contributed by atoms with van der Waals surface area (Å²) in [6, 6.07) is 19.5. The monoisotopic (exact) mass is 406 g/mol. The molecule has 0 N–H and O–H groups in total. The van der Waals surface area contributed by atoms with E-state index in [0.29, 0.717) is 24.0 Å². The van der Waals surface area contributed by atoms with Crippen molar-refractivity contribution >= 4 is 32.6 Å². The number of fused-ring (bicyclic) bond motifs is 1. The van der Waals surface area contributed by atoms with Gasteiger partial charge < -0.3 is 4.74 Å². The quantitative estimate of drug-likeness (QED) is 0.492. The van der Waals surface area contributed by atoms with Gasteiger partial charge in [0.25, 0.3) is 11.5 Å². The number of hydrogen-bond acceptors (Lipinski definition) is 6. The smallest absolute Gasteiger partial charge is 0.280 e. The van der Waals surface area contributed by atoms with Crippen molar-refractivity contribution in [1.82, 2.24) is 14.8 Å². The number of carbonyl (C=O) groups excluding carboxylic acids is 1. The molecular formula is C21H18N4O3S. The summed E-state index contributed by atoms with van der Waals surface area (Å²) >= 11 is 1.42. The molecule has 29 heavy (non-hydrogen) atoms. The normalized spacial score (nSPS) is 10.9. The predicted octanol–water partition coefficient (Wildman–Crippen LogP) is 3.14. The van der Waals surface area contributed by atoms with Crippen LogP contribution in [0, 0.1) is 0 Å². The Kier molecular flexibility index (Phi) is 5.46. The number of thiazole rings is 1. The molecule has 0 aliphatic carbocycles. The molecule has 2 heterocycles. The van der Waals surface area contributed by atoms with Crippen molar-refractivity contribution in [3.8, 4) is 5.69 Å². The Morgan fingerprint density at radius 1 is 1.07 bits per heavy atom. The predicted molar refractivity (Wildman–Crippen MR) is 113 cm³/mol. The van der Waals surface area contributed by atoms with E-state index in [1.807, 2.05) is 42.5 Å². The molecule has 2 aromatic carbocycles. The fourth-order valence-corrected chi connectivity index (χ4v) is 3.85. The first-order valence-electron chi connectivity index (χ1n) is 8.99. The summed E-state index contributed by atoms with van der Waals surface area (Å²) in [6.45, 7) is 0.668. The summed E-state index contributed by atoms with van der Waals surface area (Å²) < 4.78 is 7.38. The van der Waals surface area contributed by atoms with Crippen molar-refractivity contribution < 1.29 is 9.53 Å². The molecule has 4 rings (SSSR count). The summed E-state index contributed by atoms with van der Waals surface area (Å²) in [4.78, 5) is 31.7. The standard InChI is InChI=1S/C21H18N4O3S/c1-28-14-13-24(21-22-16-9-5-6-10-18(16)29-21)20(27)17-11-12-19(26)25(23-17)15-7-3-2-4-8-15/h2-12H,13-14H2,1H3. The van der Waals surface area contributed by atoms with E-state index in [4.69, 9.17) is 4.74 Å². The van der Waals surface area contributed by atoms with Crippen molar-refractivity contribution in [2.75, 3.05) is 25.2 Å². The number of carbonyl (C=O) groups is 1. The van der Waals surface area contributed by atoms with Crippen LogP contribution < -0.4 is 10.5 Å².